The van der Waals surface area contributed by atoms with Crippen LogP contribution in [0.2, 0.25) is 0 Å². The van der Waals surface area contributed by atoms with Gasteiger partial charge in [0, 0.05) is 19.0 Å². The maximum atomic E-state index is 13.0. The van der Waals surface area contributed by atoms with Gasteiger partial charge in [-0.15, -0.1) is 0 Å². The molecule has 1 N–H and O–H groups in total. The Morgan fingerprint density at radius 1 is 0.906 bits per heavy atom. The molecular formula is C27H25NO4. The monoisotopic (exact) mass is 427 g/mol. The van der Waals surface area contributed by atoms with E-state index in [9.17, 15) is 14.7 Å². The third-order valence-corrected chi connectivity index (χ3v) is 6.82. The molecule has 1 aliphatic heterocycles. The molecule has 1 heterocycles. The molecule has 1 aliphatic carbocycles. The first-order valence-corrected chi connectivity index (χ1v) is 11.0. The van der Waals surface area contributed by atoms with Gasteiger partial charge in [-0.25, -0.2) is 4.79 Å². The van der Waals surface area contributed by atoms with Crippen LogP contribution in [0.1, 0.15) is 35.4 Å². The van der Waals surface area contributed by atoms with Gasteiger partial charge in [0.05, 0.1) is 0 Å². The maximum absolute atomic E-state index is 13.0. The van der Waals surface area contributed by atoms with Crippen molar-refractivity contribution in [3.8, 4) is 11.1 Å². The predicted octanol–water partition coefficient (Wildman–Crippen LogP) is 5.05. The first-order chi connectivity index (χ1) is 15.6. The highest BCUT2D eigenvalue weighted by atomic mass is 16.6. The summed E-state index contributed by atoms with van der Waals surface area (Å²) < 4.78 is 5.78. The van der Waals surface area contributed by atoms with E-state index < -0.39 is 17.5 Å². The zero-order valence-electron chi connectivity index (χ0n) is 17.7. The van der Waals surface area contributed by atoms with Gasteiger partial charge in [0.15, 0.2) is 0 Å². The normalized spacial score (nSPS) is 19.8. The molecule has 5 rings (SSSR count). The van der Waals surface area contributed by atoms with E-state index in [4.69, 9.17) is 4.74 Å². The minimum Gasteiger partial charge on any atom is -0.481 e. The van der Waals surface area contributed by atoms with Gasteiger partial charge >= 0.3 is 12.1 Å². The Kier molecular flexibility index (Phi) is 5.17. The first-order valence-electron chi connectivity index (χ1n) is 11.0. The van der Waals surface area contributed by atoms with Gasteiger partial charge in [0.2, 0.25) is 0 Å². The SMILES string of the molecule is O=C(OCC1c2ccccc2-c2ccccc21)N1CCCC(C(=O)O)(c2ccccc2)C1. The van der Waals surface area contributed by atoms with E-state index in [1.54, 1.807) is 4.90 Å². The van der Waals surface area contributed by atoms with Crippen molar-refractivity contribution in [1.29, 1.82) is 0 Å². The van der Waals surface area contributed by atoms with Crippen LogP contribution >= 0.6 is 0 Å². The Morgan fingerprint density at radius 2 is 1.50 bits per heavy atom. The van der Waals surface area contributed by atoms with E-state index in [-0.39, 0.29) is 19.1 Å². The van der Waals surface area contributed by atoms with Crippen LogP contribution in [0.4, 0.5) is 4.79 Å². The smallest absolute Gasteiger partial charge is 0.409 e. The molecule has 3 aromatic carbocycles. The molecule has 162 valence electrons. The zero-order valence-corrected chi connectivity index (χ0v) is 17.7. The summed E-state index contributed by atoms with van der Waals surface area (Å²) in [6, 6.07) is 25.6. The standard InChI is InChI=1S/C27H25NO4/c29-25(30)27(19-9-2-1-3-10-19)15-8-16-28(18-27)26(31)32-17-24-22-13-6-4-11-20(22)21-12-5-7-14-23(21)24/h1-7,9-14,24H,8,15-18H2,(H,29,30). The second kappa shape index (κ2) is 8.15. The number of carbonyl (C=O) groups excluding carboxylic acids is 1. The number of benzene rings is 3. The molecule has 1 atom stereocenters. The number of aliphatic carboxylic acids is 1. The summed E-state index contributed by atoms with van der Waals surface area (Å²) in [5.41, 5.74) is 4.29. The van der Waals surface area contributed by atoms with Gasteiger partial charge in [-0.2, -0.15) is 0 Å². The molecule has 1 unspecified atom stereocenters. The van der Waals surface area contributed by atoms with E-state index in [0.717, 1.165) is 16.7 Å². The molecule has 0 bridgehead atoms. The Bertz CT molecular complexity index is 1110. The van der Waals surface area contributed by atoms with Gasteiger partial charge in [0.1, 0.15) is 12.0 Å². The highest BCUT2D eigenvalue weighted by molar-refractivity contribution is 5.83. The van der Waals surface area contributed by atoms with Crippen LogP contribution in [0, 0.1) is 0 Å². The lowest BCUT2D eigenvalue weighted by Crippen LogP contribution is -2.52. The van der Waals surface area contributed by atoms with Crippen molar-refractivity contribution < 1.29 is 19.4 Å². The van der Waals surface area contributed by atoms with Crippen molar-refractivity contribution in [3.63, 3.8) is 0 Å². The fourth-order valence-corrected chi connectivity index (χ4v) is 5.19. The van der Waals surface area contributed by atoms with E-state index in [2.05, 4.69) is 24.3 Å². The second-order valence-electron chi connectivity index (χ2n) is 8.58. The molecule has 0 saturated carbocycles. The third-order valence-electron chi connectivity index (χ3n) is 6.82. The van der Waals surface area contributed by atoms with Crippen LogP contribution in [0.25, 0.3) is 11.1 Å². The average molecular weight is 428 g/mol. The molecule has 0 radical (unpaired) electrons. The van der Waals surface area contributed by atoms with Crippen molar-refractivity contribution in [2.75, 3.05) is 19.7 Å². The maximum Gasteiger partial charge on any atom is 0.409 e. The van der Waals surface area contributed by atoms with Crippen molar-refractivity contribution in [1.82, 2.24) is 4.90 Å². The van der Waals surface area contributed by atoms with Gasteiger partial charge in [-0.05, 0) is 40.7 Å². The summed E-state index contributed by atoms with van der Waals surface area (Å²) >= 11 is 0. The number of carboxylic acid groups (broad SMARTS) is 1. The van der Waals surface area contributed by atoms with Crippen LogP contribution in [-0.2, 0) is 14.9 Å². The summed E-state index contributed by atoms with van der Waals surface area (Å²) in [4.78, 5) is 26.9. The Hall–Kier alpha value is -3.60. The highest BCUT2D eigenvalue weighted by Gasteiger charge is 2.45. The van der Waals surface area contributed by atoms with E-state index >= 15 is 0 Å². The number of nitrogens with zero attached hydrogens (tertiary/aromatic N) is 1. The van der Waals surface area contributed by atoms with Gasteiger partial charge in [-0.1, -0.05) is 78.9 Å². The van der Waals surface area contributed by atoms with Crippen molar-refractivity contribution in [3.05, 3.63) is 95.6 Å². The topological polar surface area (TPSA) is 66.8 Å². The molecule has 0 spiro atoms. The quantitative estimate of drug-likeness (QED) is 0.632. The van der Waals surface area contributed by atoms with E-state index in [1.165, 1.54) is 11.1 Å². The van der Waals surface area contributed by atoms with E-state index in [1.807, 2.05) is 54.6 Å². The minimum absolute atomic E-state index is 0.0190. The lowest BCUT2D eigenvalue weighted by molar-refractivity contribution is -0.146. The molecule has 1 fully saturated rings. The molecule has 3 aromatic rings. The van der Waals surface area contributed by atoms with Crippen molar-refractivity contribution in [2.24, 2.45) is 0 Å². The number of hydrogen-bond acceptors (Lipinski definition) is 3. The molecule has 1 saturated heterocycles. The molecule has 0 aromatic heterocycles. The molecule has 2 aliphatic rings. The van der Waals surface area contributed by atoms with E-state index in [0.29, 0.717) is 19.4 Å². The molecule has 32 heavy (non-hydrogen) atoms. The number of rotatable bonds is 4. The van der Waals surface area contributed by atoms with Crippen molar-refractivity contribution >= 4 is 12.1 Å². The number of likely N-dealkylation sites (tertiary alicyclic amines) is 1. The first kappa shape index (κ1) is 20.3. The van der Waals surface area contributed by atoms with Crippen LogP contribution < -0.4 is 0 Å². The Labute approximate surface area is 187 Å². The fraction of sp³-hybridized carbons (Fsp3) is 0.259. The Morgan fingerprint density at radius 3 is 2.12 bits per heavy atom. The second-order valence-corrected chi connectivity index (χ2v) is 8.58. The molecule has 5 heteroatoms. The zero-order chi connectivity index (χ0) is 22.1. The summed E-state index contributed by atoms with van der Waals surface area (Å²) in [5.74, 6) is -0.922. The highest BCUT2D eigenvalue weighted by Crippen LogP contribution is 2.44. The summed E-state index contributed by atoms with van der Waals surface area (Å²) in [6.45, 7) is 0.844. The van der Waals surface area contributed by atoms with Gasteiger partial charge in [-0.3, -0.25) is 4.79 Å². The van der Waals surface area contributed by atoms with Gasteiger partial charge < -0.3 is 14.7 Å². The summed E-state index contributed by atoms with van der Waals surface area (Å²) in [5, 5.41) is 10.1. The van der Waals surface area contributed by atoms with Gasteiger partial charge in [0.25, 0.3) is 0 Å². The predicted molar refractivity (Wildman–Crippen MR) is 122 cm³/mol. The summed E-state index contributed by atoms with van der Waals surface area (Å²) in [7, 11) is 0. The van der Waals surface area contributed by atoms with Crippen LogP contribution in [0.3, 0.4) is 0 Å². The number of carbonyl (C=O) groups is 2. The summed E-state index contributed by atoms with van der Waals surface area (Å²) in [6.07, 6.45) is 0.665. The lowest BCUT2D eigenvalue weighted by atomic mass is 9.74. The number of carboxylic acids is 1. The van der Waals surface area contributed by atoms with Crippen LogP contribution in [0.5, 0.6) is 0 Å². The van der Waals surface area contributed by atoms with Crippen molar-refractivity contribution in [2.45, 2.75) is 24.2 Å². The molecule has 1 amide bonds. The number of piperidine rings is 1. The number of hydrogen-bond donors (Lipinski definition) is 1. The number of ether oxygens (including phenoxy) is 1. The molecular weight excluding hydrogens is 402 g/mol. The largest absolute Gasteiger partial charge is 0.481 e. The number of fused-ring (bicyclic) bond motifs is 3. The number of amides is 1. The fourth-order valence-electron chi connectivity index (χ4n) is 5.19. The average Bonchev–Trinajstić information content (AvgIpc) is 3.16. The minimum atomic E-state index is -1.11. The third kappa shape index (κ3) is 3.34. The lowest BCUT2D eigenvalue weighted by Gasteiger charge is -2.39. The van der Waals surface area contributed by atoms with Crippen LogP contribution in [0.15, 0.2) is 78.9 Å². The Balaban J connectivity index is 1.34. The molecule has 5 nitrogen and oxygen atoms in total. The van der Waals surface area contributed by atoms with Crippen LogP contribution in [-0.4, -0.2) is 41.8 Å².